The quantitative estimate of drug-likeness (QED) is 0.538. The molecule has 7 nitrogen and oxygen atoms in total. The van der Waals surface area contributed by atoms with E-state index in [0.717, 1.165) is 31.2 Å². The Morgan fingerprint density at radius 1 is 1.06 bits per heavy atom. The Hall–Kier alpha value is -3.48. The van der Waals surface area contributed by atoms with Crippen LogP contribution in [0, 0.1) is 0 Å². The first-order valence-electron chi connectivity index (χ1n) is 11.4. The van der Waals surface area contributed by atoms with Gasteiger partial charge in [-0.1, -0.05) is 38.1 Å². The lowest BCUT2D eigenvalue weighted by Crippen LogP contribution is -2.31. The second-order valence-corrected chi connectivity index (χ2v) is 8.25. The second kappa shape index (κ2) is 9.57. The molecule has 0 saturated carbocycles. The lowest BCUT2D eigenvalue weighted by Gasteiger charge is -2.20. The van der Waals surface area contributed by atoms with Crippen molar-refractivity contribution in [1.29, 1.82) is 0 Å². The van der Waals surface area contributed by atoms with E-state index in [9.17, 15) is 9.59 Å². The minimum atomic E-state index is -0.553. The molecule has 1 N–H and O–H groups in total. The maximum Gasteiger partial charge on any atom is 0.413 e. The first kappa shape index (κ1) is 22.7. The zero-order valence-corrected chi connectivity index (χ0v) is 19.5. The van der Waals surface area contributed by atoms with Gasteiger partial charge in [-0.15, -0.1) is 0 Å². The third-order valence-corrected chi connectivity index (χ3v) is 6.47. The number of carbonyl (C=O) groups excluding carboxylic acids is 1. The molecular weight excluding hydrogens is 420 g/mol. The van der Waals surface area contributed by atoms with Crippen LogP contribution in [0.1, 0.15) is 56.3 Å². The van der Waals surface area contributed by atoms with Gasteiger partial charge in [-0.25, -0.2) is 4.79 Å². The number of nitrogens with zero attached hydrogens (tertiary/aromatic N) is 1. The molecule has 0 saturated heterocycles. The summed E-state index contributed by atoms with van der Waals surface area (Å²) in [7, 11) is 3.05. The fraction of sp³-hybridized carbons (Fsp3) is 0.385. The predicted octanol–water partition coefficient (Wildman–Crippen LogP) is 5.16. The Labute approximate surface area is 193 Å². The highest BCUT2D eigenvalue weighted by Gasteiger charge is 2.25. The highest BCUT2D eigenvalue weighted by molar-refractivity contribution is 5.92. The van der Waals surface area contributed by atoms with Crippen LogP contribution >= 0.6 is 0 Å². The van der Waals surface area contributed by atoms with Crippen LogP contribution in [0.3, 0.4) is 0 Å². The molecule has 0 aliphatic heterocycles. The minimum Gasteiger partial charge on any atom is -0.493 e. The maximum absolute atomic E-state index is 13.3. The van der Waals surface area contributed by atoms with Crippen LogP contribution < -0.4 is 25.1 Å². The first-order chi connectivity index (χ1) is 16.0. The van der Waals surface area contributed by atoms with E-state index in [4.69, 9.17) is 14.2 Å². The van der Waals surface area contributed by atoms with Gasteiger partial charge in [-0.05, 0) is 48.9 Å². The van der Waals surface area contributed by atoms with Gasteiger partial charge in [0.1, 0.15) is 0 Å². The lowest BCUT2D eigenvalue weighted by molar-refractivity contribution is 0.196. The third kappa shape index (κ3) is 4.27. The molecule has 0 spiro atoms. The van der Waals surface area contributed by atoms with Gasteiger partial charge in [0.05, 0.1) is 31.8 Å². The molecule has 2 aromatic carbocycles. The monoisotopic (exact) mass is 450 g/mol. The number of nitrogens with one attached hydrogen (secondary N) is 1. The van der Waals surface area contributed by atoms with Gasteiger partial charge < -0.3 is 24.1 Å². The van der Waals surface area contributed by atoms with Crippen molar-refractivity contribution in [2.45, 2.75) is 51.6 Å². The van der Waals surface area contributed by atoms with Crippen LogP contribution in [-0.2, 0) is 6.42 Å². The van der Waals surface area contributed by atoms with Crippen LogP contribution in [0.4, 0.5) is 4.79 Å². The van der Waals surface area contributed by atoms with E-state index in [0.29, 0.717) is 28.0 Å². The smallest absolute Gasteiger partial charge is 0.413 e. The van der Waals surface area contributed by atoms with E-state index in [2.05, 4.69) is 11.4 Å². The molecule has 0 radical (unpaired) electrons. The molecule has 33 heavy (non-hydrogen) atoms. The molecular formula is C26H30N2O5. The summed E-state index contributed by atoms with van der Waals surface area (Å²) in [5.41, 5.74) is 2.21. The molecule has 0 bridgehead atoms. The SMILES string of the molecule is CCC(CC)n1cc(OC(=O)N[C@@H]2CCc3ccccc32)c2cc(OC)c(OC)cc2c1=O. The molecule has 1 heterocycles. The Morgan fingerprint density at radius 3 is 2.39 bits per heavy atom. The number of fused-ring (bicyclic) bond motifs is 2. The number of methoxy groups -OCH3 is 2. The van der Waals surface area contributed by atoms with Crippen molar-refractivity contribution in [1.82, 2.24) is 9.88 Å². The van der Waals surface area contributed by atoms with Crippen molar-refractivity contribution in [3.05, 3.63) is 64.1 Å². The van der Waals surface area contributed by atoms with E-state index in [-0.39, 0.29) is 17.6 Å². The number of aryl methyl sites for hydroxylation is 1. The number of rotatable bonds is 7. The number of carbonyl (C=O) groups is 1. The van der Waals surface area contributed by atoms with Gasteiger partial charge in [0.2, 0.25) is 0 Å². The molecule has 1 aromatic heterocycles. The Morgan fingerprint density at radius 2 is 1.73 bits per heavy atom. The summed E-state index contributed by atoms with van der Waals surface area (Å²) < 4.78 is 18.3. The summed E-state index contributed by atoms with van der Waals surface area (Å²) in [5, 5.41) is 3.90. The van der Waals surface area contributed by atoms with Crippen molar-refractivity contribution in [2.75, 3.05) is 14.2 Å². The number of pyridine rings is 1. The summed E-state index contributed by atoms with van der Waals surface area (Å²) in [6.45, 7) is 4.06. The van der Waals surface area contributed by atoms with E-state index in [1.807, 2.05) is 32.0 Å². The molecule has 0 fully saturated rings. The van der Waals surface area contributed by atoms with Gasteiger partial charge in [-0.2, -0.15) is 0 Å². The zero-order valence-electron chi connectivity index (χ0n) is 19.5. The Balaban J connectivity index is 1.74. The van der Waals surface area contributed by atoms with Gasteiger partial charge in [0, 0.05) is 11.4 Å². The van der Waals surface area contributed by atoms with Gasteiger partial charge in [-0.3, -0.25) is 4.79 Å². The van der Waals surface area contributed by atoms with Crippen LogP contribution in [0.2, 0.25) is 0 Å². The molecule has 1 amide bonds. The fourth-order valence-corrected chi connectivity index (χ4v) is 4.67. The minimum absolute atomic E-state index is 0.0119. The Bertz CT molecular complexity index is 1230. The van der Waals surface area contributed by atoms with E-state index in [1.165, 1.54) is 19.8 Å². The molecule has 1 aliphatic rings. The molecule has 174 valence electrons. The lowest BCUT2D eigenvalue weighted by atomic mass is 10.1. The summed E-state index contributed by atoms with van der Waals surface area (Å²) in [4.78, 5) is 26.2. The summed E-state index contributed by atoms with van der Waals surface area (Å²) >= 11 is 0. The standard InChI is InChI=1S/C26H30N2O5/c1-5-17(6-2)28-15-24(19-13-22(31-3)23(32-4)14-20(19)25(28)29)33-26(30)27-21-12-11-16-9-7-8-10-18(16)21/h7-10,13-15,17,21H,5-6,11-12H2,1-4H3,(H,27,30)/t21-/m1/s1. The predicted molar refractivity (Wildman–Crippen MR) is 128 cm³/mol. The number of aromatic nitrogens is 1. The third-order valence-electron chi connectivity index (χ3n) is 6.47. The van der Waals surface area contributed by atoms with Crippen molar-refractivity contribution in [3.8, 4) is 17.2 Å². The van der Waals surface area contributed by atoms with Crippen LogP contribution in [-0.4, -0.2) is 24.9 Å². The van der Waals surface area contributed by atoms with Gasteiger partial charge >= 0.3 is 6.09 Å². The maximum atomic E-state index is 13.3. The molecule has 4 rings (SSSR count). The molecule has 1 aliphatic carbocycles. The number of ether oxygens (including phenoxy) is 3. The van der Waals surface area contributed by atoms with Crippen molar-refractivity contribution in [2.24, 2.45) is 0 Å². The van der Waals surface area contributed by atoms with Crippen LogP contribution in [0.5, 0.6) is 17.2 Å². The topological polar surface area (TPSA) is 78.8 Å². The average molecular weight is 451 g/mol. The summed E-state index contributed by atoms with van der Waals surface area (Å²) in [5.74, 6) is 1.21. The number of amides is 1. The van der Waals surface area contributed by atoms with E-state index in [1.54, 1.807) is 22.9 Å². The number of hydrogen-bond acceptors (Lipinski definition) is 5. The normalized spacial score (nSPS) is 14.9. The van der Waals surface area contributed by atoms with Gasteiger partial charge in [0.15, 0.2) is 17.2 Å². The average Bonchev–Trinajstić information content (AvgIpc) is 3.24. The van der Waals surface area contributed by atoms with E-state index >= 15 is 0 Å². The molecule has 1 atom stereocenters. The molecule has 0 unspecified atom stereocenters. The van der Waals surface area contributed by atoms with Crippen LogP contribution in [0.15, 0.2) is 47.4 Å². The largest absolute Gasteiger partial charge is 0.493 e. The highest BCUT2D eigenvalue weighted by atomic mass is 16.6. The molecule has 7 heteroatoms. The number of hydrogen-bond donors (Lipinski definition) is 1. The van der Waals surface area contributed by atoms with Crippen molar-refractivity contribution >= 4 is 16.9 Å². The Kier molecular flexibility index (Phi) is 6.58. The van der Waals surface area contributed by atoms with Crippen molar-refractivity contribution < 1.29 is 19.0 Å². The van der Waals surface area contributed by atoms with Gasteiger partial charge in [0.25, 0.3) is 5.56 Å². The zero-order chi connectivity index (χ0) is 23.5. The first-order valence-corrected chi connectivity index (χ1v) is 11.4. The number of benzene rings is 2. The summed E-state index contributed by atoms with van der Waals surface area (Å²) in [6, 6.07) is 11.3. The van der Waals surface area contributed by atoms with Crippen LogP contribution in [0.25, 0.3) is 10.8 Å². The summed E-state index contributed by atoms with van der Waals surface area (Å²) in [6.07, 6.45) is 4.38. The van der Waals surface area contributed by atoms with E-state index < -0.39 is 6.09 Å². The second-order valence-electron chi connectivity index (χ2n) is 8.25. The highest BCUT2D eigenvalue weighted by Crippen LogP contribution is 2.36. The molecule has 3 aromatic rings. The van der Waals surface area contributed by atoms with Crippen molar-refractivity contribution in [3.63, 3.8) is 0 Å². The fourth-order valence-electron chi connectivity index (χ4n) is 4.67.